The summed E-state index contributed by atoms with van der Waals surface area (Å²) in [6.07, 6.45) is 1.82. The van der Waals surface area contributed by atoms with Crippen molar-refractivity contribution in [2.75, 3.05) is 57.9 Å². The Bertz CT molecular complexity index is 1350. The number of thiazole rings is 1. The van der Waals surface area contributed by atoms with Crippen LogP contribution in [0.25, 0.3) is 10.2 Å². The van der Waals surface area contributed by atoms with Gasteiger partial charge in [-0.1, -0.05) is 29.0 Å². The number of fused-ring (bicyclic) bond motifs is 1. The zero-order valence-electron chi connectivity index (χ0n) is 20.9. The molecule has 2 aliphatic heterocycles. The lowest BCUT2D eigenvalue weighted by molar-refractivity contribution is -0.121. The van der Waals surface area contributed by atoms with Crippen LogP contribution in [0.5, 0.6) is 5.75 Å². The second-order valence-electron chi connectivity index (χ2n) is 8.93. The average molecular weight is 622 g/mol. The molecular formula is C24H30Cl2N4O5S3. The minimum Gasteiger partial charge on any atom is -0.494 e. The maximum atomic E-state index is 14.1. The zero-order chi connectivity index (χ0) is 26.0. The third-order valence-corrected chi connectivity index (χ3v) is 11.5. The predicted molar refractivity (Wildman–Crippen MR) is 154 cm³/mol. The number of hydrogen-bond acceptors (Lipinski definition) is 9. The van der Waals surface area contributed by atoms with E-state index in [2.05, 4.69) is 4.90 Å². The number of carbonyl (C=O) groups is 1. The Morgan fingerprint density at radius 3 is 2.76 bits per heavy atom. The van der Waals surface area contributed by atoms with Gasteiger partial charge in [-0.05, 0) is 42.8 Å². The van der Waals surface area contributed by atoms with E-state index in [4.69, 9.17) is 26.1 Å². The van der Waals surface area contributed by atoms with Gasteiger partial charge >= 0.3 is 0 Å². The Morgan fingerprint density at radius 2 is 2.05 bits per heavy atom. The largest absolute Gasteiger partial charge is 0.494 e. The summed E-state index contributed by atoms with van der Waals surface area (Å²) in [5.41, 5.74) is 0.593. The topological polar surface area (TPSA) is 92.3 Å². The number of aromatic nitrogens is 1. The number of nitrogens with zero attached hydrogens (tertiary/aromatic N) is 4. The standard InChI is InChI=1S/C24H29ClN4O5S3.ClH/c1-33-19-8-7-17(25)22-21(19)26-24(36-22)28(10-4-9-27-12-14-34-15-13-27)23(30)18-5-2-11-29(18)37(31,32)20-6-3-16-35-20;/h3,6-8,16,18H,2,4-5,9-15H2,1H3;1H. The number of morpholine rings is 1. The van der Waals surface area contributed by atoms with Crippen LogP contribution in [0.4, 0.5) is 5.13 Å². The summed E-state index contributed by atoms with van der Waals surface area (Å²) in [6.45, 7) is 4.67. The Balaban J connectivity index is 0.00000336. The van der Waals surface area contributed by atoms with Gasteiger partial charge in [0.15, 0.2) is 5.13 Å². The van der Waals surface area contributed by atoms with E-state index in [1.807, 2.05) is 0 Å². The highest BCUT2D eigenvalue weighted by molar-refractivity contribution is 7.91. The summed E-state index contributed by atoms with van der Waals surface area (Å²) in [5.74, 6) is 0.319. The SMILES string of the molecule is COc1ccc(Cl)c2sc(N(CCCN3CCOCC3)C(=O)C3CCCN3S(=O)(=O)c3cccs3)nc12.Cl. The highest BCUT2D eigenvalue weighted by Gasteiger charge is 2.42. The molecule has 0 bridgehead atoms. The molecule has 1 atom stereocenters. The van der Waals surface area contributed by atoms with Crippen LogP contribution < -0.4 is 9.64 Å². The van der Waals surface area contributed by atoms with E-state index in [1.165, 1.54) is 15.6 Å². The lowest BCUT2D eigenvalue weighted by atomic mass is 10.2. The van der Waals surface area contributed by atoms with E-state index >= 15 is 0 Å². The van der Waals surface area contributed by atoms with E-state index in [0.29, 0.717) is 60.6 Å². The first-order chi connectivity index (χ1) is 17.9. The first-order valence-electron chi connectivity index (χ1n) is 12.2. The van der Waals surface area contributed by atoms with Gasteiger partial charge in [0.2, 0.25) is 5.91 Å². The molecule has 208 valence electrons. The van der Waals surface area contributed by atoms with Crippen LogP contribution in [-0.2, 0) is 19.6 Å². The van der Waals surface area contributed by atoms with E-state index in [1.54, 1.807) is 41.7 Å². The van der Waals surface area contributed by atoms with Crippen molar-refractivity contribution < 1.29 is 22.7 Å². The Hall–Kier alpha value is -1.51. The number of carbonyl (C=O) groups excluding carboxylic acids is 1. The van der Waals surface area contributed by atoms with Crippen LogP contribution in [0.3, 0.4) is 0 Å². The third-order valence-electron chi connectivity index (χ3n) is 6.67. The normalized spacial score (nSPS) is 18.9. The molecule has 0 saturated carbocycles. The van der Waals surface area contributed by atoms with Crippen molar-refractivity contribution in [3.63, 3.8) is 0 Å². The molecule has 1 unspecified atom stereocenters. The highest BCUT2D eigenvalue weighted by atomic mass is 35.5. The lowest BCUT2D eigenvalue weighted by Gasteiger charge is -2.30. The van der Waals surface area contributed by atoms with Crippen LogP contribution in [0, 0.1) is 0 Å². The lowest BCUT2D eigenvalue weighted by Crippen LogP contribution is -2.48. The van der Waals surface area contributed by atoms with Crippen molar-refractivity contribution >= 4 is 78.0 Å². The fourth-order valence-electron chi connectivity index (χ4n) is 4.78. The summed E-state index contributed by atoms with van der Waals surface area (Å²) >= 11 is 8.95. The number of hydrogen-bond donors (Lipinski definition) is 0. The molecule has 0 aliphatic carbocycles. The van der Waals surface area contributed by atoms with Gasteiger partial charge in [-0.2, -0.15) is 4.31 Å². The fourth-order valence-corrected chi connectivity index (χ4v) is 8.84. The maximum Gasteiger partial charge on any atom is 0.253 e. The number of rotatable bonds is 9. The summed E-state index contributed by atoms with van der Waals surface area (Å²) in [4.78, 5) is 22.8. The van der Waals surface area contributed by atoms with Crippen molar-refractivity contribution in [1.82, 2.24) is 14.2 Å². The van der Waals surface area contributed by atoms with E-state index in [0.717, 1.165) is 42.1 Å². The van der Waals surface area contributed by atoms with Crippen molar-refractivity contribution in [2.24, 2.45) is 0 Å². The number of sulfonamides is 1. The number of thiophene rings is 1. The average Bonchev–Trinajstić information content (AvgIpc) is 3.68. The van der Waals surface area contributed by atoms with Gasteiger partial charge in [-0.25, -0.2) is 13.4 Å². The predicted octanol–water partition coefficient (Wildman–Crippen LogP) is 4.35. The minimum atomic E-state index is -3.76. The smallest absolute Gasteiger partial charge is 0.253 e. The second-order valence-corrected chi connectivity index (χ2v) is 13.4. The van der Waals surface area contributed by atoms with Gasteiger partial charge in [-0.15, -0.1) is 23.7 Å². The monoisotopic (exact) mass is 620 g/mol. The van der Waals surface area contributed by atoms with Gasteiger partial charge in [0.25, 0.3) is 10.0 Å². The van der Waals surface area contributed by atoms with Crippen LogP contribution in [0.15, 0.2) is 33.9 Å². The minimum absolute atomic E-state index is 0. The Kier molecular flexibility index (Phi) is 9.91. The molecule has 38 heavy (non-hydrogen) atoms. The van der Waals surface area contributed by atoms with Gasteiger partial charge < -0.3 is 9.47 Å². The molecule has 2 aliphatic rings. The van der Waals surface area contributed by atoms with E-state index in [-0.39, 0.29) is 22.5 Å². The van der Waals surface area contributed by atoms with Gasteiger partial charge in [-0.3, -0.25) is 14.6 Å². The molecule has 3 aromatic rings. The summed E-state index contributed by atoms with van der Waals surface area (Å²) < 4.78 is 40.0. The molecular weight excluding hydrogens is 591 g/mol. The molecule has 0 spiro atoms. The van der Waals surface area contributed by atoms with Crippen molar-refractivity contribution in [3.05, 3.63) is 34.7 Å². The molecule has 1 amide bonds. The van der Waals surface area contributed by atoms with Crippen LogP contribution in [0.2, 0.25) is 5.02 Å². The fraction of sp³-hybridized carbons (Fsp3) is 0.500. The highest BCUT2D eigenvalue weighted by Crippen LogP contribution is 2.39. The summed E-state index contributed by atoms with van der Waals surface area (Å²) in [5, 5.41) is 2.76. The first-order valence-corrected chi connectivity index (χ1v) is 15.7. The van der Waals surface area contributed by atoms with Crippen LogP contribution >= 0.6 is 46.7 Å². The molecule has 0 radical (unpaired) electrons. The quantitative estimate of drug-likeness (QED) is 0.351. The second kappa shape index (κ2) is 12.8. The molecule has 2 fully saturated rings. The molecule has 5 rings (SSSR count). The third kappa shape index (κ3) is 5.97. The van der Waals surface area contributed by atoms with Crippen molar-refractivity contribution in [1.29, 1.82) is 0 Å². The molecule has 1 aromatic carbocycles. The molecule has 2 aromatic heterocycles. The molecule has 4 heterocycles. The van der Waals surface area contributed by atoms with Crippen molar-refractivity contribution in [3.8, 4) is 5.75 Å². The maximum absolute atomic E-state index is 14.1. The number of methoxy groups -OCH3 is 1. The number of amides is 1. The van der Waals surface area contributed by atoms with Crippen molar-refractivity contribution in [2.45, 2.75) is 29.5 Å². The number of halogens is 2. The first kappa shape index (κ1) is 29.5. The van der Waals surface area contributed by atoms with Crippen LogP contribution in [-0.4, -0.2) is 87.6 Å². The Morgan fingerprint density at radius 1 is 1.26 bits per heavy atom. The molecule has 2 saturated heterocycles. The summed E-state index contributed by atoms with van der Waals surface area (Å²) in [6, 6.07) is 6.02. The molecule has 14 heteroatoms. The molecule has 9 nitrogen and oxygen atoms in total. The Labute approximate surface area is 241 Å². The van der Waals surface area contributed by atoms with E-state index in [9.17, 15) is 13.2 Å². The van der Waals surface area contributed by atoms with Gasteiger partial charge in [0.05, 0.1) is 30.0 Å². The van der Waals surface area contributed by atoms with E-state index < -0.39 is 16.1 Å². The van der Waals surface area contributed by atoms with Gasteiger partial charge in [0.1, 0.15) is 21.5 Å². The zero-order valence-corrected chi connectivity index (χ0v) is 24.9. The summed E-state index contributed by atoms with van der Waals surface area (Å²) in [7, 11) is -2.19. The number of anilines is 1. The van der Waals surface area contributed by atoms with Gasteiger partial charge in [0, 0.05) is 32.7 Å². The van der Waals surface area contributed by atoms with Crippen LogP contribution in [0.1, 0.15) is 19.3 Å². The number of benzene rings is 1. The molecule has 0 N–H and O–H groups in total. The number of ether oxygens (including phenoxy) is 2.